The van der Waals surface area contributed by atoms with Crippen molar-refractivity contribution >= 4 is 52.3 Å². The first-order valence-corrected chi connectivity index (χ1v) is 8.55. The Labute approximate surface area is 163 Å². The Balaban J connectivity index is 0.00000208. The molecule has 0 aliphatic carbocycles. The number of hydrogen-bond acceptors (Lipinski definition) is 3. The third-order valence-electron chi connectivity index (χ3n) is 3.70. The molecule has 24 heavy (non-hydrogen) atoms. The van der Waals surface area contributed by atoms with Gasteiger partial charge in [-0.05, 0) is 36.1 Å². The lowest BCUT2D eigenvalue weighted by Gasteiger charge is -2.11. The van der Waals surface area contributed by atoms with Crippen LogP contribution in [0.5, 0.6) is 0 Å². The molecule has 1 aromatic carbocycles. The van der Waals surface area contributed by atoms with Gasteiger partial charge in [-0.1, -0.05) is 12.1 Å². The van der Waals surface area contributed by atoms with Crippen LogP contribution in [0.25, 0.3) is 11.0 Å². The van der Waals surface area contributed by atoms with E-state index in [4.69, 9.17) is 0 Å². The van der Waals surface area contributed by atoms with Gasteiger partial charge in [-0.15, -0.1) is 35.3 Å². The summed E-state index contributed by atoms with van der Waals surface area (Å²) in [6.07, 6.45) is 0.827. The van der Waals surface area contributed by atoms with Gasteiger partial charge < -0.3 is 15.6 Å². The highest BCUT2D eigenvalue weighted by molar-refractivity contribution is 14.0. The van der Waals surface area contributed by atoms with Gasteiger partial charge in [0.15, 0.2) is 5.96 Å². The van der Waals surface area contributed by atoms with Crippen LogP contribution in [0.4, 0.5) is 0 Å². The molecule has 3 N–H and O–H groups in total. The summed E-state index contributed by atoms with van der Waals surface area (Å²) in [6, 6.07) is 10.2. The molecule has 0 amide bonds. The third-order valence-corrected chi connectivity index (χ3v) is 4.72. The van der Waals surface area contributed by atoms with Gasteiger partial charge >= 0.3 is 0 Å². The van der Waals surface area contributed by atoms with Gasteiger partial charge in [-0.3, -0.25) is 4.99 Å². The first kappa shape index (κ1) is 18.7. The fourth-order valence-corrected chi connectivity index (χ4v) is 3.24. The Morgan fingerprint density at radius 1 is 1.25 bits per heavy atom. The minimum Gasteiger partial charge on any atom is -0.356 e. The number of halogens is 1. The van der Waals surface area contributed by atoms with Crippen molar-refractivity contribution in [2.75, 3.05) is 13.6 Å². The van der Waals surface area contributed by atoms with E-state index in [0.717, 1.165) is 42.3 Å². The predicted molar refractivity (Wildman–Crippen MR) is 112 cm³/mol. The van der Waals surface area contributed by atoms with E-state index in [1.807, 2.05) is 24.3 Å². The number of imidazole rings is 1. The highest BCUT2D eigenvalue weighted by Crippen LogP contribution is 2.14. The zero-order valence-electron chi connectivity index (χ0n) is 13.8. The van der Waals surface area contributed by atoms with Gasteiger partial charge in [0.05, 0.1) is 17.6 Å². The van der Waals surface area contributed by atoms with Gasteiger partial charge in [0.1, 0.15) is 5.82 Å². The van der Waals surface area contributed by atoms with Crippen LogP contribution in [0.1, 0.15) is 16.3 Å². The van der Waals surface area contributed by atoms with E-state index in [-0.39, 0.29) is 24.0 Å². The largest absolute Gasteiger partial charge is 0.356 e. The van der Waals surface area contributed by atoms with Crippen LogP contribution in [0, 0.1) is 6.92 Å². The molecule has 0 unspecified atom stereocenters. The first-order chi connectivity index (χ1) is 11.3. The van der Waals surface area contributed by atoms with Gasteiger partial charge in [0.2, 0.25) is 0 Å². The average Bonchev–Trinajstić information content (AvgIpc) is 3.16. The predicted octanol–water partition coefficient (Wildman–Crippen LogP) is 3.46. The quantitative estimate of drug-likeness (QED) is 0.314. The maximum atomic E-state index is 4.58. The van der Waals surface area contributed by atoms with Crippen molar-refractivity contribution in [3.8, 4) is 0 Å². The number of para-hydroxylation sites is 2. The lowest BCUT2D eigenvalue weighted by molar-refractivity contribution is 0.779. The number of fused-ring (bicyclic) bond motifs is 1. The summed E-state index contributed by atoms with van der Waals surface area (Å²) in [4.78, 5) is 13.5. The van der Waals surface area contributed by atoms with E-state index < -0.39 is 0 Å². The summed E-state index contributed by atoms with van der Waals surface area (Å²) in [5.74, 6) is 1.80. The van der Waals surface area contributed by atoms with Crippen LogP contribution < -0.4 is 10.6 Å². The van der Waals surface area contributed by atoms with Crippen molar-refractivity contribution in [2.24, 2.45) is 4.99 Å². The molecule has 0 atom stereocenters. The van der Waals surface area contributed by atoms with Crippen molar-refractivity contribution in [3.05, 3.63) is 52.0 Å². The van der Waals surface area contributed by atoms with E-state index in [2.05, 4.69) is 44.0 Å². The highest BCUT2D eigenvalue weighted by atomic mass is 127. The molecule has 0 radical (unpaired) electrons. The molecule has 3 rings (SSSR count). The number of aliphatic imine (C=N–C) groups is 1. The number of rotatable bonds is 5. The van der Waals surface area contributed by atoms with Crippen LogP contribution in [0.15, 0.2) is 40.7 Å². The fraction of sp³-hybridized carbons (Fsp3) is 0.294. The Kier molecular flexibility index (Phi) is 7.04. The normalized spacial score (nSPS) is 11.3. The summed E-state index contributed by atoms with van der Waals surface area (Å²) >= 11 is 1.76. The van der Waals surface area contributed by atoms with Crippen LogP contribution in [0.2, 0.25) is 0 Å². The Morgan fingerprint density at radius 2 is 2.08 bits per heavy atom. The van der Waals surface area contributed by atoms with Crippen LogP contribution >= 0.6 is 35.3 Å². The zero-order chi connectivity index (χ0) is 16.1. The smallest absolute Gasteiger partial charge is 0.191 e. The maximum Gasteiger partial charge on any atom is 0.191 e. The number of aromatic nitrogens is 2. The molecule has 0 saturated carbocycles. The second-order valence-corrected chi connectivity index (χ2v) is 6.33. The second-order valence-electron chi connectivity index (χ2n) is 5.33. The Hall–Kier alpha value is -1.61. The van der Waals surface area contributed by atoms with Gasteiger partial charge in [0.25, 0.3) is 0 Å². The molecule has 7 heteroatoms. The summed E-state index contributed by atoms with van der Waals surface area (Å²) in [5.41, 5.74) is 3.41. The van der Waals surface area contributed by atoms with Crippen LogP contribution in [-0.4, -0.2) is 29.5 Å². The number of hydrogen-bond donors (Lipinski definition) is 3. The van der Waals surface area contributed by atoms with Crippen molar-refractivity contribution in [3.63, 3.8) is 0 Å². The summed E-state index contributed by atoms with van der Waals surface area (Å²) in [5, 5.41) is 8.79. The highest BCUT2D eigenvalue weighted by Gasteiger charge is 2.04. The molecular weight excluding hydrogens is 433 g/mol. The number of thiophene rings is 1. The molecule has 0 saturated heterocycles. The van der Waals surface area contributed by atoms with Gasteiger partial charge in [-0.25, -0.2) is 4.98 Å². The maximum absolute atomic E-state index is 4.58. The lowest BCUT2D eigenvalue weighted by atomic mass is 10.3. The van der Waals surface area contributed by atoms with E-state index >= 15 is 0 Å². The molecule has 0 bridgehead atoms. The van der Waals surface area contributed by atoms with E-state index in [9.17, 15) is 0 Å². The standard InChI is InChI=1S/C17H21N5S.HI/c1-12-8-10-23-15(12)11-20-17(18-2)19-9-7-16-21-13-5-3-4-6-14(13)22-16;/h3-6,8,10H,7,9,11H2,1-2H3,(H,21,22)(H2,18,19,20);1H. The minimum atomic E-state index is 0. The number of H-pyrrole nitrogens is 1. The molecule has 3 aromatic rings. The summed E-state index contributed by atoms with van der Waals surface area (Å²) in [7, 11) is 1.79. The number of nitrogens with one attached hydrogen (secondary N) is 3. The zero-order valence-corrected chi connectivity index (χ0v) is 16.9. The summed E-state index contributed by atoms with van der Waals surface area (Å²) < 4.78 is 0. The van der Waals surface area contributed by atoms with Crippen LogP contribution in [0.3, 0.4) is 0 Å². The molecule has 128 valence electrons. The Bertz CT molecular complexity index is 775. The topological polar surface area (TPSA) is 65.1 Å². The van der Waals surface area contributed by atoms with Crippen molar-refractivity contribution in [1.29, 1.82) is 0 Å². The molecule has 5 nitrogen and oxygen atoms in total. The number of aromatic amines is 1. The van der Waals surface area contributed by atoms with Gasteiger partial charge in [-0.2, -0.15) is 0 Å². The number of guanidine groups is 1. The van der Waals surface area contributed by atoms with Crippen molar-refractivity contribution < 1.29 is 0 Å². The first-order valence-electron chi connectivity index (χ1n) is 7.67. The molecule has 0 aliphatic rings. The average molecular weight is 455 g/mol. The molecule has 0 fully saturated rings. The van der Waals surface area contributed by atoms with E-state index in [1.54, 1.807) is 18.4 Å². The van der Waals surface area contributed by atoms with E-state index in [0.29, 0.717) is 0 Å². The second kappa shape index (κ2) is 9.03. The molecule has 0 aliphatic heterocycles. The Morgan fingerprint density at radius 3 is 2.79 bits per heavy atom. The van der Waals surface area contributed by atoms with Crippen molar-refractivity contribution in [1.82, 2.24) is 20.6 Å². The monoisotopic (exact) mass is 455 g/mol. The van der Waals surface area contributed by atoms with Gasteiger partial charge in [0, 0.05) is 24.9 Å². The third kappa shape index (κ3) is 4.70. The number of nitrogens with zero attached hydrogens (tertiary/aromatic N) is 2. The SMILES string of the molecule is CN=C(NCCc1nc2ccccc2[nH]1)NCc1sccc1C.I. The fourth-order valence-electron chi connectivity index (χ4n) is 2.39. The van der Waals surface area contributed by atoms with Crippen LogP contribution in [-0.2, 0) is 13.0 Å². The molecule has 0 spiro atoms. The molecular formula is C17H22IN5S. The lowest BCUT2D eigenvalue weighted by Crippen LogP contribution is -2.37. The minimum absolute atomic E-state index is 0. The number of aryl methyl sites for hydroxylation is 1. The van der Waals surface area contributed by atoms with E-state index in [1.165, 1.54) is 10.4 Å². The van der Waals surface area contributed by atoms with Crippen molar-refractivity contribution in [2.45, 2.75) is 19.9 Å². The molecule has 2 heterocycles. The summed E-state index contributed by atoms with van der Waals surface area (Å²) in [6.45, 7) is 3.71. The molecule has 2 aromatic heterocycles. The number of benzene rings is 1.